The standard InChI is InChI=1S/C14H28N2O2/c1-6-17-14(15-4)13-7-8-16(5)9-12(13)10-18-11(2)3/h11-13H,6-10H2,1-5H3/t12?,13-/m0/s1. The van der Waals surface area contributed by atoms with Gasteiger partial charge in [-0.2, -0.15) is 0 Å². The summed E-state index contributed by atoms with van der Waals surface area (Å²) < 4.78 is 11.5. The lowest BCUT2D eigenvalue weighted by molar-refractivity contribution is 0.0159. The van der Waals surface area contributed by atoms with Crippen LogP contribution in [-0.2, 0) is 9.47 Å². The van der Waals surface area contributed by atoms with E-state index in [0.29, 0.717) is 18.4 Å². The van der Waals surface area contributed by atoms with E-state index in [-0.39, 0.29) is 6.10 Å². The zero-order valence-electron chi connectivity index (χ0n) is 12.5. The van der Waals surface area contributed by atoms with Gasteiger partial charge in [0.2, 0.25) is 0 Å². The Bertz CT molecular complexity index is 267. The summed E-state index contributed by atoms with van der Waals surface area (Å²) in [5.41, 5.74) is 0. The highest BCUT2D eigenvalue weighted by molar-refractivity contribution is 5.79. The van der Waals surface area contributed by atoms with Crippen LogP contribution in [0.2, 0.25) is 0 Å². The van der Waals surface area contributed by atoms with Crippen molar-refractivity contribution in [3.05, 3.63) is 0 Å². The van der Waals surface area contributed by atoms with Gasteiger partial charge in [-0.25, -0.2) is 0 Å². The smallest absolute Gasteiger partial charge is 0.186 e. The van der Waals surface area contributed by atoms with Gasteiger partial charge in [-0.05, 0) is 40.8 Å². The molecule has 1 rings (SSSR count). The Morgan fingerprint density at radius 3 is 2.72 bits per heavy atom. The predicted molar refractivity (Wildman–Crippen MR) is 75.2 cm³/mol. The summed E-state index contributed by atoms with van der Waals surface area (Å²) >= 11 is 0. The summed E-state index contributed by atoms with van der Waals surface area (Å²) in [4.78, 5) is 6.69. The van der Waals surface area contributed by atoms with Crippen molar-refractivity contribution in [1.29, 1.82) is 0 Å². The maximum atomic E-state index is 5.80. The fourth-order valence-electron chi connectivity index (χ4n) is 2.51. The summed E-state index contributed by atoms with van der Waals surface area (Å²) in [6.07, 6.45) is 1.39. The molecule has 0 aromatic rings. The SMILES string of the molecule is CCOC(=NC)[C@H]1CCN(C)CC1COC(C)C. The van der Waals surface area contributed by atoms with Gasteiger partial charge < -0.3 is 14.4 Å². The molecule has 0 aromatic heterocycles. The minimum absolute atomic E-state index is 0.284. The number of ether oxygens (including phenoxy) is 2. The summed E-state index contributed by atoms with van der Waals surface area (Å²) in [7, 11) is 3.99. The predicted octanol–water partition coefficient (Wildman–Crippen LogP) is 2.04. The second-order valence-corrected chi connectivity index (χ2v) is 5.29. The molecular weight excluding hydrogens is 228 g/mol. The second-order valence-electron chi connectivity index (χ2n) is 5.29. The Kier molecular flexibility index (Phi) is 6.65. The maximum Gasteiger partial charge on any atom is 0.186 e. The Labute approximate surface area is 111 Å². The first-order valence-electron chi connectivity index (χ1n) is 6.98. The van der Waals surface area contributed by atoms with Crippen molar-refractivity contribution in [3.63, 3.8) is 0 Å². The van der Waals surface area contributed by atoms with Crippen molar-refractivity contribution < 1.29 is 9.47 Å². The second kappa shape index (κ2) is 7.74. The van der Waals surface area contributed by atoms with Gasteiger partial charge in [-0.3, -0.25) is 4.99 Å². The van der Waals surface area contributed by atoms with Crippen LogP contribution in [-0.4, -0.2) is 57.3 Å². The average Bonchev–Trinajstić information content (AvgIpc) is 2.34. The van der Waals surface area contributed by atoms with E-state index in [1.54, 1.807) is 0 Å². The Balaban J connectivity index is 2.65. The molecule has 1 heterocycles. The topological polar surface area (TPSA) is 34.1 Å². The van der Waals surface area contributed by atoms with Crippen molar-refractivity contribution in [2.45, 2.75) is 33.3 Å². The molecule has 1 unspecified atom stereocenters. The van der Waals surface area contributed by atoms with Gasteiger partial charge in [0.05, 0.1) is 19.3 Å². The number of nitrogens with zero attached hydrogens (tertiary/aromatic N) is 2. The first kappa shape index (κ1) is 15.4. The molecule has 0 aliphatic carbocycles. The lowest BCUT2D eigenvalue weighted by atomic mass is 9.86. The third kappa shape index (κ3) is 4.58. The van der Waals surface area contributed by atoms with E-state index in [1.165, 1.54) is 0 Å². The zero-order chi connectivity index (χ0) is 13.5. The van der Waals surface area contributed by atoms with Crippen LogP contribution in [0, 0.1) is 11.8 Å². The molecule has 1 aliphatic rings. The Morgan fingerprint density at radius 1 is 1.44 bits per heavy atom. The van der Waals surface area contributed by atoms with Gasteiger partial charge >= 0.3 is 0 Å². The largest absolute Gasteiger partial charge is 0.481 e. The van der Waals surface area contributed by atoms with Crippen molar-refractivity contribution >= 4 is 5.90 Å². The summed E-state index contributed by atoms with van der Waals surface area (Å²) in [5.74, 6) is 1.80. The molecule has 1 fully saturated rings. The highest BCUT2D eigenvalue weighted by atomic mass is 16.5. The van der Waals surface area contributed by atoms with Gasteiger partial charge in [-0.15, -0.1) is 0 Å². The van der Waals surface area contributed by atoms with Crippen molar-refractivity contribution in [2.75, 3.05) is 40.4 Å². The molecule has 0 radical (unpaired) electrons. The Hall–Kier alpha value is -0.610. The number of hydrogen-bond acceptors (Lipinski definition) is 4. The molecule has 2 atom stereocenters. The van der Waals surface area contributed by atoms with Crippen LogP contribution >= 0.6 is 0 Å². The van der Waals surface area contributed by atoms with Crippen molar-refractivity contribution in [1.82, 2.24) is 4.90 Å². The first-order valence-corrected chi connectivity index (χ1v) is 6.98. The van der Waals surface area contributed by atoms with Gasteiger partial charge in [0.15, 0.2) is 5.90 Å². The highest BCUT2D eigenvalue weighted by Crippen LogP contribution is 2.25. The van der Waals surface area contributed by atoms with Crippen molar-refractivity contribution in [2.24, 2.45) is 16.8 Å². The molecule has 4 heteroatoms. The molecule has 18 heavy (non-hydrogen) atoms. The fourth-order valence-corrected chi connectivity index (χ4v) is 2.51. The monoisotopic (exact) mass is 256 g/mol. The molecule has 1 aliphatic heterocycles. The van der Waals surface area contributed by atoms with E-state index in [4.69, 9.17) is 9.47 Å². The quantitative estimate of drug-likeness (QED) is 0.557. The summed E-state index contributed by atoms with van der Waals surface area (Å²) in [6, 6.07) is 0. The van der Waals surface area contributed by atoms with Crippen molar-refractivity contribution in [3.8, 4) is 0 Å². The summed E-state index contributed by atoms with van der Waals surface area (Å²) in [6.45, 7) is 9.82. The average molecular weight is 256 g/mol. The highest BCUT2D eigenvalue weighted by Gasteiger charge is 2.32. The molecule has 0 N–H and O–H groups in total. The maximum absolute atomic E-state index is 5.80. The number of likely N-dealkylation sites (tertiary alicyclic amines) is 1. The van der Waals surface area contributed by atoms with Gasteiger partial charge in [0.25, 0.3) is 0 Å². The minimum Gasteiger partial charge on any atom is -0.481 e. The van der Waals surface area contributed by atoms with Crippen LogP contribution in [0.1, 0.15) is 27.2 Å². The lowest BCUT2D eigenvalue weighted by Crippen LogP contribution is -2.44. The Morgan fingerprint density at radius 2 is 2.17 bits per heavy atom. The molecule has 1 saturated heterocycles. The molecule has 0 saturated carbocycles. The van der Waals surface area contributed by atoms with Crippen LogP contribution < -0.4 is 0 Å². The van der Waals surface area contributed by atoms with E-state index in [9.17, 15) is 0 Å². The number of rotatable bonds is 5. The summed E-state index contributed by atoms with van der Waals surface area (Å²) in [5, 5.41) is 0. The fraction of sp³-hybridized carbons (Fsp3) is 0.929. The van der Waals surface area contributed by atoms with E-state index in [2.05, 4.69) is 30.8 Å². The third-order valence-electron chi connectivity index (χ3n) is 3.41. The molecule has 4 nitrogen and oxygen atoms in total. The van der Waals surface area contributed by atoms with Crippen LogP contribution in [0.25, 0.3) is 0 Å². The van der Waals surface area contributed by atoms with Gasteiger partial charge in [0, 0.05) is 25.4 Å². The molecule has 0 bridgehead atoms. The third-order valence-corrected chi connectivity index (χ3v) is 3.41. The van der Waals surface area contributed by atoms with Crippen LogP contribution in [0.3, 0.4) is 0 Å². The van der Waals surface area contributed by atoms with E-state index < -0.39 is 0 Å². The normalized spacial score (nSPS) is 26.7. The van der Waals surface area contributed by atoms with E-state index in [0.717, 1.165) is 32.0 Å². The van der Waals surface area contributed by atoms with Crippen LogP contribution in [0.15, 0.2) is 4.99 Å². The van der Waals surface area contributed by atoms with E-state index >= 15 is 0 Å². The number of piperidine rings is 1. The molecule has 0 spiro atoms. The minimum atomic E-state index is 0.284. The van der Waals surface area contributed by atoms with Crippen LogP contribution in [0.4, 0.5) is 0 Å². The first-order chi connectivity index (χ1) is 8.58. The van der Waals surface area contributed by atoms with E-state index in [1.807, 2.05) is 14.0 Å². The molecule has 106 valence electrons. The lowest BCUT2D eigenvalue weighted by Gasteiger charge is -2.37. The molecule has 0 aromatic carbocycles. The molecule has 0 amide bonds. The van der Waals surface area contributed by atoms with Gasteiger partial charge in [-0.1, -0.05) is 0 Å². The van der Waals surface area contributed by atoms with Gasteiger partial charge in [0.1, 0.15) is 0 Å². The number of hydrogen-bond donors (Lipinski definition) is 0. The molecular formula is C14H28N2O2. The number of aliphatic imine (C=N–C) groups is 1. The van der Waals surface area contributed by atoms with Crippen LogP contribution in [0.5, 0.6) is 0 Å². The zero-order valence-corrected chi connectivity index (χ0v) is 12.5.